The van der Waals surface area contributed by atoms with Crippen LogP contribution in [0, 0.1) is 5.92 Å². The number of aromatic nitrogens is 1. The summed E-state index contributed by atoms with van der Waals surface area (Å²) >= 11 is 0. The topological polar surface area (TPSA) is 34.1 Å². The summed E-state index contributed by atoms with van der Waals surface area (Å²) in [5, 5.41) is 2.84. The Balaban J connectivity index is 2.95. The zero-order valence-electron chi connectivity index (χ0n) is 11.3. The van der Waals surface area contributed by atoms with E-state index in [0.29, 0.717) is 13.2 Å². The number of hydrogen-bond donors (Lipinski definition) is 1. The summed E-state index contributed by atoms with van der Waals surface area (Å²) in [5.74, 6) is 0.418. The third-order valence-electron chi connectivity index (χ3n) is 2.25. The predicted molar refractivity (Wildman–Crippen MR) is 68.4 cm³/mol. The molecule has 0 atom stereocenters. The van der Waals surface area contributed by atoms with Gasteiger partial charge in [0, 0.05) is 12.6 Å². The van der Waals surface area contributed by atoms with Crippen molar-refractivity contribution in [3.8, 4) is 5.88 Å². The Kier molecular flexibility index (Phi) is 5.44. The molecule has 0 aliphatic rings. The largest absolute Gasteiger partial charge is 0.477 e. The molecule has 0 aromatic carbocycles. The lowest BCUT2D eigenvalue weighted by molar-refractivity contribution is -0.137. The fraction of sp³-hybridized carbons (Fsp3) is 0.615. The van der Waals surface area contributed by atoms with Crippen molar-refractivity contribution >= 4 is 5.82 Å². The SMILES string of the molecule is CCCNc1cc(C(F)(F)F)cc(OCC(C)C)n1. The van der Waals surface area contributed by atoms with Gasteiger partial charge < -0.3 is 10.1 Å². The van der Waals surface area contributed by atoms with E-state index in [1.165, 1.54) is 0 Å². The van der Waals surface area contributed by atoms with Gasteiger partial charge in [-0.25, -0.2) is 0 Å². The Morgan fingerprint density at radius 3 is 2.53 bits per heavy atom. The maximum Gasteiger partial charge on any atom is 0.416 e. The number of pyridine rings is 1. The molecule has 0 saturated carbocycles. The summed E-state index contributed by atoms with van der Waals surface area (Å²) in [7, 11) is 0. The van der Waals surface area contributed by atoms with Crippen LogP contribution in [0.5, 0.6) is 5.88 Å². The Labute approximate surface area is 111 Å². The van der Waals surface area contributed by atoms with Gasteiger partial charge >= 0.3 is 6.18 Å². The van der Waals surface area contributed by atoms with Gasteiger partial charge in [-0.3, -0.25) is 0 Å². The van der Waals surface area contributed by atoms with Crippen LogP contribution in [-0.2, 0) is 6.18 Å². The molecule has 3 nitrogen and oxygen atoms in total. The molecule has 0 aliphatic heterocycles. The fourth-order valence-electron chi connectivity index (χ4n) is 1.34. The van der Waals surface area contributed by atoms with E-state index in [1.54, 1.807) is 0 Å². The molecule has 0 amide bonds. The Hall–Kier alpha value is -1.46. The number of ether oxygens (including phenoxy) is 1. The first-order valence-electron chi connectivity index (χ1n) is 6.29. The van der Waals surface area contributed by atoms with Crippen LogP contribution in [0.25, 0.3) is 0 Å². The van der Waals surface area contributed by atoms with Gasteiger partial charge in [-0.1, -0.05) is 20.8 Å². The number of nitrogens with zero attached hydrogens (tertiary/aromatic N) is 1. The van der Waals surface area contributed by atoms with Crippen LogP contribution >= 0.6 is 0 Å². The molecule has 1 rings (SSSR count). The highest BCUT2D eigenvalue weighted by molar-refractivity contribution is 5.42. The number of halogens is 3. The Morgan fingerprint density at radius 1 is 1.32 bits per heavy atom. The summed E-state index contributed by atoms with van der Waals surface area (Å²) in [6.45, 7) is 6.67. The summed E-state index contributed by atoms with van der Waals surface area (Å²) in [4.78, 5) is 4.02. The van der Waals surface area contributed by atoms with Crippen LogP contribution < -0.4 is 10.1 Å². The zero-order chi connectivity index (χ0) is 14.5. The van der Waals surface area contributed by atoms with Gasteiger partial charge in [-0.15, -0.1) is 0 Å². The Bertz CT molecular complexity index is 405. The summed E-state index contributed by atoms with van der Waals surface area (Å²) in [6, 6.07) is 1.93. The lowest BCUT2D eigenvalue weighted by atomic mass is 10.2. The van der Waals surface area contributed by atoms with E-state index < -0.39 is 11.7 Å². The second-order valence-corrected chi connectivity index (χ2v) is 4.71. The molecule has 0 spiro atoms. The molecule has 1 heterocycles. The minimum Gasteiger partial charge on any atom is -0.477 e. The summed E-state index contributed by atoms with van der Waals surface area (Å²) in [6.07, 6.45) is -3.60. The molecular formula is C13H19F3N2O. The standard InChI is InChI=1S/C13H19F3N2O/c1-4-5-17-11-6-10(13(14,15)16)7-12(18-11)19-8-9(2)3/h6-7,9H,4-5,8H2,1-3H3,(H,17,18). The van der Waals surface area contributed by atoms with Crippen LogP contribution in [0.1, 0.15) is 32.8 Å². The van der Waals surface area contributed by atoms with Crippen molar-refractivity contribution in [1.29, 1.82) is 0 Å². The third-order valence-corrected chi connectivity index (χ3v) is 2.25. The molecule has 108 valence electrons. The van der Waals surface area contributed by atoms with Crippen molar-refractivity contribution < 1.29 is 17.9 Å². The molecule has 0 bridgehead atoms. The molecule has 6 heteroatoms. The first-order chi connectivity index (χ1) is 8.82. The van der Waals surface area contributed by atoms with Crippen LogP contribution in [0.15, 0.2) is 12.1 Å². The fourth-order valence-corrected chi connectivity index (χ4v) is 1.34. The highest BCUT2D eigenvalue weighted by Gasteiger charge is 2.32. The van der Waals surface area contributed by atoms with Crippen LogP contribution in [0.3, 0.4) is 0 Å². The third kappa shape index (κ3) is 5.36. The highest BCUT2D eigenvalue weighted by Crippen LogP contribution is 2.32. The minimum absolute atomic E-state index is 0.00197. The smallest absolute Gasteiger partial charge is 0.416 e. The molecule has 19 heavy (non-hydrogen) atoms. The monoisotopic (exact) mass is 276 g/mol. The molecule has 0 radical (unpaired) electrons. The maximum absolute atomic E-state index is 12.8. The molecule has 1 aromatic heterocycles. The van der Waals surface area contributed by atoms with Crippen molar-refractivity contribution in [3.05, 3.63) is 17.7 Å². The van der Waals surface area contributed by atoms with Crippen LogP contribution in [0.2, 0.25) is 0 Å². The van der Waals surface area contributed by atoms with E-state index in [2.05, 4.69) is 10.3 Å². The van der Waals surface area contributed by atoms with Gasteiger partial charge in [0.1, 0.15) is 5.82 Å². The lowest BCUT2D eigenvalue weighted by Gasteiger charge is -2.14. The van der Waals surface area contributed by atoms with Gasteiger partial charge in [0.25, 0.3) is 0 Å². The van der Waals surface area contributed by atoms with E-state index in [0.717, 1.165) is 18.6 Å². The first kappa shape index (κ1) is 15.6. The van der Waals surface area contributed by atoms with Gasteiger partial charge in [0.2, 0.25) is 5.88 Å². The molecule has 0 aliphatic carbocycles. The van der Waals surface area contributed by atoms with Crippen molar-refractivity contribution in [2.45, 2.75) is 33.4 Å². The molecule has 1 aromatic rings. The van der Waals surface area contributed by atoms with Gasteiger partial charge in [0.15, 0.2) is 0 Å². The van der Waals surface area contributed by atoms with Crippen molar-refractivity contribution in [1.82, 2.24) is 4.98 Å². The molecular weight excluding hydrogens is 257 g/mol. The van der Waals surface area contributed by atoms with E-state index in [9.17, 15) is 13.2 Å². The molecule has 1 N–H and O–H groups in total. The highest BCUT2D eigenvalue weighted by atomic mass is 19.4. The van der Waals surface area contributed by atoms with Crippen molar-refractivity contribution in [2.24, 2.45) is 5.92 Å². The van der Waals surface area contributed by atoms with Gasteiger partial charge in [-0.05, 0) is 18.4 Å². The normalized spacial score (nSPS) is 11.7. The van der Waals surface area contributed by atoms with E-state index in [-0.39, 0.29) is 17.6 Å². The van der Waals surface area contributed by atoms with Crippen LogP contribution in [0.4, 0.5) is 19.0 Å². The predicted octanol–water partition coefficient (Wildman–Crippen LogP) is 3.96. The second-order valence-electron chi connectivity index (χ2n) is 4.71. The Morgan fingerprint density at radius 2 is 2.00 bits per heavy atom. The lowest BCUT2D eigenvalue weighted by Crippen LogP contribution is -2.11. The molecule has 0 unspecified atom stereocenters. The van der Waals surface area contributed by atoms with Crippen LogP contribution in [-0.4, -0.2) is 18.1 Å². The summed E-state index contributed by atoms with van der Waals surface area (Å²) < 4.78 is 43.5. The minimum atomic E-state index is -4.40. The molecule has 0 fully saturated rings. The number of hydrogen-bond acceptors (Lipinski definition) is 3. The average molecular weight is 276 g/mol. The number of rotatable bonds is 6. The van der Waals surface area contributed by atoms with Gasteiger partial charge in [-0.2, -0.15) is 18.2 Å². The number of anilines is 1. The molecule has 0 saturated heterocycles. The number of alkyl halides is 3. The first-order valence-corrected chi connectivity index (χ1v) is 6.29. The van der Waals surface area contributed by atoms with Gasteiger partial charge in [0.05, 0.1) is 12.2 Å². The second kappa shape index (κ2) is 6.63. The average Bonchev–Trinajstić information content (AvgIpc) is 2.32. The summed E-state index contributed by atoms with van der Waals surface area (Å²) in [5.41, 5.74) is -0.750. The van der Waals surface area contributed by atoms with E-state index >= 15 is 0 Å². The quantitative estimate of drug-likeness (QED) is 0.854. The number of nitrogens with one attached hydrogen (secondary N) is 1. The van der Waals surface area contributed by atoms with Crippen molar-refractivity contribution in [2.75, 3.05) is 18.5 Å². The zero-order valence-corrected chi connectivity index (χ0v) is 11.3. The van der Waals surface area contributed by atoms with E-state index in [4.69, 9.17) is 4.74 Å². The van der Waals surface area contributed by atoms with Crippen molar-refractivity contribution in [3.63, 3.8) is 0 Å². The van der Waals surface area contributed by atoms with E-state index in [1.807, 2.05) is 20.8 Å². The maximum atomic E-state index is 12.8.